The van der Waals surface area contributed by atoms with Crippen molar-refractivity contribution in [2.75, 3.05) is 6.54 Å². The maximum absolute atomic E-state index is 14.7. The number of amides is 3. The second kappa shape index (κ2) is 16.2. The SMILES string of the molecule is CCC[C@H](CC(=O)[C@@H]1[C@H]2CCC[C@H]2CN1C(=O)[C@@H](NC(=O)[C@@H](CC(=O)[C@@H]1CCC(=O)N1)C1CCCCC1)C(C)(C)C)C(O)C(=O)CC1CC1. The van der Waals surface area contributed by atoms with Crippen molar-refractivity contribution in [3.63, 3.8) is 0 Å². The van der Waals surface area contributed by atoms with Crippen LogP contribution >= 0.6 is 0 Å². The van der Waals surface area contributed by atoms with Gasteiger partial charge in [-0.05, 0) is 86.4 Å². The average molecular weight is 684 g/mol. The third-order valence-electron chi connectivity index (χ3n) is 12.3. The van der Waals surface area contributed by atoms with E-state index in [9.17, 15) is 33.9 Å². The minimum Gasteiger partial charge on any atom is -0.385 e. The van der Waals surface area contributed by atoms with Crippen molar-refractivity contribution in [2.45, 2.75) is 161 Å². The first-order valence-electron chi connectivity index (χ1n) is 19.4. The Kier molecular flexibility index (Phi) is 12.4. The summed E-state index contributed by atoms with van der Waals surface area (Å²) in [5.41, 5.74) is -0.672. The number of likely N-dealkylation sites (tertiary alicyclic amines) is 1. The number of carbonyl (C=O) groups is 6. The van der Waals surface area contributed by atoms with E-state index in [-0.39, 0.29) is 65.7 Å². The minimum atomic E-state index is -1.17. The molecule has 5 rings (SSSR count). The molecule has 1 unspecified atom stereocenters. The van der Waals surface area contributed by atoms with Crippen LogP contribution < -0.4 is 10.6 Å². The molecule has 49 heavy (non-hydrogen) atoms. The molecule has 0 bridgehead atoms. The lowest BCUT2D eigenvalue weighted by Gasteiger charge is -2.38. The fourth-order valence-electron chi connectivity index (χ4n) is 9.34. The van der Waals surface area contributed by atoms with Crippen LogP contribution in [0.4, 0.5) is 0 Å². The molecule has 0 aromatic carbocycles. The summed E-state index contributed by atoms with van der Waals surface area (Å²) in [7, 11) is 0. The van der Waals surface area contributed by atoms with Crippen molar-refractivity contribution in [3.05, 3.63) is 0 Å². The van der Waals surface area contributed by atoms with E-state index in [2.05, 4.69) is 10.6 Å². The molecule has 3 N–H and O–H groups in total. The standard InChI is InChI=1S/C39H61N3O7/c1-5-10-25(35(47)32(45)19-23-15-16-23)20-31(44)34-27-14-9-13-26(27)22-42(34)38(49)36(39(2,3)4)41-37(48)28(24-11-7-6-8-12-24)21-30(43)29-17-18-33(46)40-29/h23-29,34-36,47H,5-22H2,1-4H3,(H,40,46)(H,41,48)/t25-,26+,27+,28+,29+,34+,35?,36-/m1/s1. The van der Waals surface area contributed by atoms with Gasteiger partial charge in [0.05, 0.1) is 12.1 Å². The van der Waals surface area contributed by atoms with Crippen molar-refractivity contribution >= 4 is 35.1 Å². The highest BCUT2D eigenvalue weighted by atomic mass is 16.3. The summed E-state index contributed by atoms with van der Waals surface area (Å²) in [6.07, 6.45) is 10.9. The molecule has 2 aliphatic heterocycles. The number of aliphatic hydroxyl groups excluding tert-OH is 1. The van der Waals surface area contributed by atoms with Crippen LogP contribution in [0.5, 0.6) is 0 Å². The molecule has 3 aliphatic carbocycles. The molecule has 10 nitrogen and oxygen atoms in total. The summed E-state index contributed by atoms with van der Waals surface area (Å²) < 4.78 is 0. The summed E-state index contributed by atoms with van der Waals surface area (Å²) >= 11 is 0. The highest BCUT2D eigenvalue weighted by Gasteiger charge is 2.52. The van der Waals surface area contributed by atoms with Crippen molar-refractivity contribution in [1.29, 1.82) is 0 Å². The summed E-state index contributed by atoms with van der Waals surface area (Å²) in [5, 5.41) is 16.9. The number of aliphatic hydroxyl groups is 1. The molecule has 10 heteroatoms. The van der Waals surface area contributed by atoms with E-state index in [4.69, 9.17) is 0 Å². The Labute approximate surface area is 292 Å². The summed E-state index contributed by atoms with van der Waals surface area (Å²) in [5.74, 6) is -1.59. The first kappa shape index (κ1) is 37.6. The summed E-state index contributed by atoms with van der Waals surface area (Å²) in [4.78, 5) is 82.9. The van der Waals surface area contributed by atoms with Gasteiger partial charge in [-0.15, -0.1) is 0 Å². The van der Waals surface area contributed by atoms with E-state index < -0.39 is 41.5 Å². The lowest BCUT2D eigenvalue weighted by Crippen LogP contribution is -2.58. The number of hydrogen-bond acceptors (Lipinski definition) is 7. The number of fused-ring (bicyclic) bond motifs is 1. The number of ketones is 3. The zero-order valence-corrected chi connectivity index (χ0v) is 30.3. The molecule has 0 radical (unpaired) electrons. The molecule has 8 atom stereocenters. The van der Waals surface area contributed by atoms with Gasteiger partial charge in [0.2, 0.25) is 17.7 Å². The van der Waals surface area contributed by atoms with E-state index in [1.54, 1.807) is 4.90 Å². The third kappa shape index (κ3) is 9.19. The second-order valence-electron chi connectivity index (χ2n) is 17.2. The lowest BCUT2D eigenvalue weighted by molar-refractivity contribution is -0.146. The first-order valence-corrected chi connectivity index (χ1v) is 19.4. The predicted molar refractivity (Wildman–Crippen MR) is 185 cm³/mol. The number of rotatable bonds is 16. The third-order valence-corrected chi connectivity index (χ3v) is 12.3. The van der Waals surface area contributed by atoms with Crippen LogP contribution in [-0.2, 0) is 28.8 Å². The van der Waals surface area contributed by atoms with Crippen LogP contribution in [-0.4, -0.2) is 75.9 Å². The minimum absolute atomic E-state index is 0.0237. The van der Waals surface area contributed by atoms with Gasteiger partial charge in [0.15, 0.2) is 17.3 Å². The van der Waals surface area contributed by atoms with Crippen LogP contribution in [0, 0.1) is 40.9 Å². The highest BCUT2D eigenvalue weighted by molar-refractivity contribution is 5.97. The maximum Gasteiger partial charge on any atom is 0.246 e. The predicted octanol–water partition coefficient (Wildman–Crippen LogP) is 4.68. The fourth-order valence-corrected chi connectivity index (χ4v) is 9.34. The Morgan fingerprint density at radius 1 is 0.918 bits per heavy atom. The van der Waals surface area contributed by atoms with Crippen LogP contribution in [0.3, 0.4) is 0 Å². The molecule has 0 spiro atoms. The quantitative estimate of drug-likeness (QED) is 0.214. The number of Topliss-reactive ketones (excluding diaryl/α,β-unsaturated/α-hetero) is 3. The molecule has 0 aromatic rings. The van der Waals surface area contributed by atoms with Gasteiger partial charge in [-0.1, -0.05) is 59.8 Å². The van der Waals surface area contributed by atoms with Gasteiger partial charge >= 0.3 is 0 Å². The highest BCUT2D eigenvalue weighted by Crippen LogP contribution is 2.44. The normalized spacial score (nSPS) is 28.3. The Morgan fingerprint density at radius 3 is 2.24 bits per heavy atom. The smallest absolute Gasteiger partial charge is 0.246 e. The van der Waals surface area contributed by atoms with Crippen molar-refractivity contribution in [2.24, 2.45) is 40.9 Å². The van der Waals surface area contributed by atoms with E-state index >= 15 is 0 Å². The van der Waals surface area contributed by atoms with Gasteiger partial charge < -0.3 is 20.6 Å². The molecule has 2 saturated heterocycles. The summed E-state index contributed by atoms with van der Waals surface area (Å²) in [6, 6.07) is -2.12. The van der Waals surface area contributed by atoms with Crippen molar-refractivity contribution in [1.82, 2.24) is 15.5 Å². The van der Waals surface area contributed by atoms with E-state index in [0.717, 1.165) is 70.6 Å². The average Bonchev–Trinajstić information content (AvgIpc) is 3.40. The molecule has 274 valence electrons. The topological polar surface area (TPSA) is 150 Å². The molecule has 5 aliphatic rings. The number of carbonyl (C=O) groups excluding carboxylic acids is 6. The number of nitrogens with one attached hydrogen (secondary N) is 2. The molecule has 3 saturated carbocycles. The Morgan fingerprint density at radius 2 is 1.63 bits per heavy atom. The van der Waals surface area contributed by atoms with Gasteiger partial charge in [0.1, 0.15) is 12.1 Å². The molecule has 3 amide bonds. The maximum atomic E-state index is 14.7. The van der Waals surface area contributed by atoms with E-state index in [1.165, 1.54) is 0 Å². The largest absolute Gasteiger partial charge is 0.385 e. The van der Waals surface area contributed by atoms with Crippen LogP contribution in [0.25, 0.3) is 0 Å². The zero-order valence-electron chi connectivity index (χ0n) is 30.3. The molecular weight excluding hydrogens is 622 g/mol. The Bertz CT molecular complexity index is 1250. The molecular formula is C39H61N3O7. The number of hydrogen-bond donors (Lipinski definition) is 3. The summed E-state index contributed by atoms with van der Waals surface area (Å²) in [6.45, 7) is 8.19. The van der Waals surface area contributed by atoms with Gasteiger partial charge in [-0.25, -0.2) is 0 Å². The van der Waals surface area contributed by atoms with Crippen LogP contribution in [0.2, 0.25) is 0 Å². The molecule has 5 fully saturated rings. The monoisotopic (exact) mass is 683 g/mol. The molecule has 0 aromatic heterocycles. The Balaban J connectivity index is 1.34. The molecule has 2 heterocycles. The number of nitrogens with zero attached hydrogens (tertiary/aromatic N) is 1. The first-order chi connectivity index (χ1) is 23.3. The van der Waals surface area contributed by atoms with Crippen LogP contribution in [0.15, 0.2) is 0 Å². The Hall–Kier alpha value is -2.62. The lowest BCUT2D eigenvalue weighted by atomic mass is 9.76. The van der Waals surface area contributed by atoms with Crippen molar-refractivity contribution < 1.29 is 33.9 Å². The van der Waals surface area contributed by atoms with Gasteiger partial charge in [-0.2, -0.15) is 0 Å². The van der Waals surface area contributed by atoms with Crippen LogP contribution in [0.1, 0.15) is 137 Å². The van der Waals surface area contributed by atoms with Gasteiger partial charge in [0, 0.05) is 38.1 Å². The van der Waals surface area contributed by atoms with E-state index in [1.807, 2.05) is 27.7 Å². The zero-order chi connectivity index (χ0) is 35.5. The van der Waals surface area contributed by atoms with Gasteiger partial charge in [-0.3, -0.25) is 28.8 Å². The van der Waals surface area contributed by atoms with Crippen molar-refractivity contribution in [3.8, 4) is 0 Å². The van der Waals surface area contributed by atoms with Gasteiger partial charge in [0.25, 0.3) is 0 Å². The second-order valence-corrected chi connectivity index (χ2v) is 17.2. The van der Waals surface area contributed by atoms with E-state index in [0.29, 0.717) is 38.1 Å². The fraction of sp³-hybridized carbons (Fsp3) is 0.846.